The largest absolute Gasteiger partial charge is 0.480 e. The molecule has 90 valence electrons. The third kappa shape index (κ3) is 3.57. The number of aromatic nitrogens is 1. The molecule has 0 aromatic carbocycles. The number of carbonyl (C=O) groups is 1. The highest BCUT2D eigenvalue weighted by atomic mass is 32.1. The monoisotopic (exact) mass is 242 g/mol. The van der Waals surface area contributed by atoms with Crippen LogP contribution >= 0.6 is 11.3 Å². The number of nitrogens with zero attached hydrogens (tertiary/aromatic N) is 1. The molecule has 5 heteroatoms. The summed E-state index contributed by atoms with van der Waals surface area (Å²) in [6, 6.07) is -0.790. The van der Waals surface area contributed by atoms with Gasteiger partial charge in [0.15, 0.2) is 0 Å². The summed E-state index contributed by atoms with van der Waals surface area (Å²) in [4.78, 5) is 15.0. The number of hydrogen-bond acceptors (Lipinski definition) is 4. The Morgan fingerprint density at radius 2 is 2.25 bits per heavy atom. The van der Waals surface area contributed by atoms with E-state index < -0.39 is 12.0 Å². The van der Waals surface area contributed by atoms with Gasteiger partial charge in [0.05, 0.1) is 10.7 Å². The van der Waals surface area contributed by atoms with Crippen LogP contribution in [0.4, 0.5) is 0 Å². The van der Waals surface area contributed by atoms with Gasteiger partial charge in [0.2, 0.25) is 0 Å². The lowest BCUT2D eigenvalue weighted by Crippen LogP contribution is -2.30. The minimum Gasteiger partial charge on any atom is -0.480 e. The summed E-state index contributed by atoms with van der Waals surface area (Å²) in [6.45, 7) is 6.32. The first-order chi connectivity index (χ1) is 7.30. The second-order valence-corrected chi connectivity index (χ2v) is 5.80. The predicted molar refractivity (Wildman–Crippen MR) is 64.7 cm³/mol. The first kappa shape index (κ1) is 13.1. The van der Waals surface area contributed by atoms with Crippen molar-refractivity contribution in [3.05, 3.63) is 16.1 Å². The van der Waals surface area contributed by atoms with Crippen LogP contribution in [0, 0.1) is 0 Å². The zero-order valence-corrected chi connectivity index (χ0v) is 10.7. The van der Waals surface area contributed by atoms with E-state index in [2.05, 4.69) is 25.8 Å². The van der Waals surface area contributed by atoms with E-state index >= 15 is 0 Å². The number of hydrogen-bond donors (Lipinski definition) is 2. The molecule has 1 unspecified atom stereocenters. The van der Waals surface area contributed by atoms with Gasteiger partial charge in [-0.25, -0.2) is 4.98 Å². The Labute approximate surface area is 99.5 Å². The normalized spacial score (nSPS) is 13.8. The van der Waals surface area contributed by atoms with Crippen LogP contribution in [0.15, 0.2) is 5.38 Å². The van der Waals surface area contributed by atoms with Gasteiger partial charge in [-0.05, 0) is 6.42 Å². The Balaban J connectivity index is 2.57. The van der Waals surface area contributed by atoms with Crippen LogP contribution in [-0.4, -0.2) is 22.1 Å². The molecule has 4 nitrogen and oxygen atoms in total. The van der Waals surface area contributed by atoms with E-state index in [1.54, 1.807) is 11.3 Å². The lowest BCUT2D eigenvalue weighted by atomic mass is 9.93. The number of rotatable bonds is 4. The molecule has 1 aromatic rings. The highest BCUT2D eigenvalue weighted by Crippen LogP contribution is 2.24. The fourth-order valence-corrected chi connectivity index (χ4v) is 2.21. The summed E-state index contributed by atoms with van der Waals surface area (Å²) < 4.78 is 0. The number of nitrogens with two attached hydrogens (primary N) is 1. The standard InChI is InChI=1S/C11H18N2O2S/c1-11(2,3)8-6-16-9(13-8)5-4-7(12)10(14)15/h6-7H,4-5,12H2,1-3H3,(H,14,15). The van der Waals surface area contributed by atoms with Crippen LogP contribution in [0.3, 0.4) is 0 Å². The molecule has 0 fully saturated rings. The fraction of sp³-hybridized carbons (Fsp3) is 0.636. The molecule has 0 radical (unpaired) electrons. The topological polar surface area (TPSA) is 76.2 Å². The number of carboxylic acid groups (broad SMARTS) is 1. The first-order valence-electron chi connectivity index (χ1n) is 5.24. The Morgan fingerprint density at radius 3 is 2.69 bits per heavy atom. The summed E-state index contributed by atoms with van der Waals surface area (Å²) >= 11 is 1.57. The molecule has 0 aliphatic carbocycles. The van der Waals surface area contributed by atoms with E-state index in [0.29, 0.717) is 12.8 Å². The van der Waals surface area contributed by atoms with Crippen molar-refractivity contribution in [2.45, 2.75) is 45.1 Å². The van der Waals surface area contributed by atoms with Crippen LogP contribution in [-0.2, 0) is 16.6 Å². The molecule has 0 aliphatic heterocycles. The van der Waals surface area contributed by atoms with Crippen molar-refractivity contribution in [1.29, 1.82) is 0 Å². The predicted octanol–water partition coefficient (Wildman–Crippen LogP) is 1.79. The summed E-state index contributed by atoms with van der Waals surface area (Å²) in [5.74, 6) is -0.951. The average Bonchev–Trinajstić information content (AvgIpc) is 2.61. The van der Waals surface area contributed by atoms with E-state index in [4.69, 9.17) is 10.8 Å². The Hall–Kier alpha value is -0.940. The molecule has 1 atom stereocenters. The molecule has 0 bridgehead atoms. The zero-order valence-electron chi connectivity index (χ0n) is 9.86. The van der Waals surface area contributed by atoms with E-state index in [1.807, 2.05) is 5.38 Å². The second kappa shape index (κ2) is 4.93. The third-order valence-electron chi connectivity index (χ3n) is 2.31. The third-order valence-corrected chi connectivity index (χ3v) is 3.22. The van der Waals surface area contributed by atoms with Crippen molar-refractivity contribution in [1.82, 2.24) is 4.98 Å². The summed E-state index contributed by atoms with van der Waals surface area (Å²) in [5.41, 5.74) is 6.53. The van der Waals surface area contributed by atoms with Gasteiger partial charge in [0.25, 0.3) is 0 Å². The minimum absolute atomic E-state index is 0.0453. The maximum absolute atomic E-state index is 10.5. The lowest BCUT2D eigenvalue weighted by Gasteiger charge is -2.14. The van der Waals surface area contributed by atoms with Crippen LogP contribution < -0.4 is 5.73 Å². The highest BCUT2D eigenvalue weighted by molar-refractivity contribution is 7.09. The molecule has 0 saturated heterocycles. The van der Waals surface area contributed by atoms with E-state index in [0.717, 1.165) is 10.7 Å². The van der Waals surface area contributed by atoms with Crippen molar-refractivity contribution < 1.29 is 9.90 Å². The van der Waals surface area contributed by atoms with E-state index in [-0.39, 0.29) is 5.41 Å². The Kier molecular flexibility index (Phi) is 4.04. The van der Waals surface area contributed by atoms with Crippen LogP contribution in [0.25, 0.3) is 0 Å². The summed E-state index contributed by atoms with van der Waals surface area (Å²) in [6.07, 6.45) is 1.07. The highest BCUT2D eigenvalue weighted by Gasteiger charge is 2.18. The number of aryl methyl sites for hydroxylation is 1. The molecule has 1 aromatic heterocycles. The Bertz CT molecular complexity index is 368. The van der Waals surface area contributed by atoms with E-state index in [9.17, 15) is 4.79 Å². The SMILES string of the molecule is CC(C)(C)c1csc(CCC(N)C(=O)O)n1. The van der Waals surface area contributed by atoms with Crippen molar-refractivity contribution in [3.63, 3.8) is 0 Å². The molecule has 0 saturated carbocycles. The van der Waals surface area contributed by atoms with Gasteiger partial charge in [-0.2, -0.15) is 0 Å². The van der Waals surface area contributed by atoms with Gasteiger partial charge in [-0.15, -0.1) is 11.3 Å². The molecule has 16 heavy (non-hydrogen) atoms. The van der Waals surface area contributed by atoms with Gasteiger partial charge < -0.3 is 10.8 Å². The second-order valence-electron chi connectivity index (χ2n) is 4.86. The van der Waals surface area contributed by atoms with Gasteiger partial charge in [0.1, 0.15) is 6.04 Å². The van der Waals surface area contributed by atoms with Crippen molar-refractivity contribution in [2.24, 2.45) is 5.73 Å². The molecule has 1 heterocycles. The van der Waals surface area contributed by atoms with Crippen molar-refractivity contribution in [3.8, 4) is 0 Å². The quantitative estimate of drug-likeness (QED) is 0.844. The number of carboxylic acids is 1. The fourth-order valence-electron chi connectivity index (χ4n) is 1.17. The van der Waals surface area contributed by atoms with Gasteiger partial charge >= 0.3 is 5.97 Å². The zero-order chi connectivity index (χ0) is 12.3. The molecular formula is C11H18N2O2S. The Morgan fingerprint density at radius 1 is 1.62 bits per heavy atom. The van der Waals surface area contributed by atoms with Crippen LogP contribution in [0.1, 0.15) is 37.9 Å². The van der Waals surface area contributed by atoms with Crippen molar-refractivity contribution in [2.75, 3.05) is 0 Å². The molecular weight excluding hydrogens is 224 g/mol. The molecule has 1 rings (SSSR count). The van der Waals surface area contributed by atoms with Gasteiger partial charge in [-0.3, -0.25) is 4.79 Å². The molecule has 0 aliphatic rings. The van der Waals surface area contributed by atoms with Crippen molar-refractivity contribution >= 4 is 17.3 Å². The lowest BCUT2D eigenvalue weighted by molar-refractivity contribution is -0.138. The van der Waals surface area contributed by atoms with Gasteiger partial charge in [-0.1, -0.05) is 20.8 Å². The van der Waals surface area contributed by atoms with Crippen LogP contribution in [0.2, 0.25) is 0 Å². The van der Waals surface area contributed by atoms with Crippen LogP contribution in [0.5, 0.6) is 0 Å². The first-order valence-corrected chi connectivity index (χ1v) is 6.12. The number of thiazole rings is 1. The maximum Gasteiger partial charge on any atom is 0.320 e. The summed E-state index contributed by atoms with van der Waals surface area (Å²) in [5, 5.41) is 11.6. The molecule has 0 amide bonds. The number of aliphatic carboxylic acids is 1. The molecule has 0 spiro atoms. The van der Waals surface area contributed by atoms with Gasteiger partial charge in [0, 0.05) is 17.2 Å². The van der Waals surface area contributed by atoms with E-state index in [1.165, 1.54) is 0 Å². The average molecular weight is 242 g/mol. The molecule has 3 N–H and O–H groups in total. The minimum atomic E-state index is -0.951. The maximum atomic E-state index is 10.5. The smallest absolute Gasteiger partial charge is 0.320 e. The summed E-state index contributed by atoms with van der Waals surface area (Å²) in [7, 11) is 0.